The molecule has 1 aliphatic rings. The summed E-state index contributed by atoms with van der Waals surface area (Å²) < 4.78 is 5.85. The fourth-order valence-electron chi connectivity index (χ4n) is 4.40. The van der Waals surface area contributed by atoms with Crippen LogP contribution >= 0.6 is 24.0 Å². The van der Waals surface area contributed by atoms with E-state index in [0.717, 1.165) is 24.0 Å². The van der Waals surface area contributed by atoms with Crippen molar-refractivity contribution >= 4 is 40.9 Å². The van der Waals surface area contributed by atoms with Crippen LogP contribution in [0.3, 0.4) is 0 Å². The Balaban J connectivity index is 0.00000289. The summed E-state index contributed by atoms with van der Waals surface area (Å²) in [5.41, 5.74) is 4.18. The summed E-state index contributed by atoms with van der Waals surface area (Å²) in [4.78, 5) is 15.5. The number of benzene rings is 2. The van der Waals surface area contributed by atoms with Gasteiger partial charge in [0.25, 0.3) is 5.91 Å². The lowest BCUT2D eigenvalue weighted by Gasteiger charge is -2.29. The molecule has 0 saturated carbocycles. The number of nitrogens with zero attached hydrogens (tertiary/aromatic N) is 1. The summed E-state index contributed by atoms with van der Waals surface area (Å²) in [6, 6.07) is 14.4. The fraction of sp³-hybridized carbons (Fsp3) is 0.423. The monoisotopic (exact) mass is 474 g/mol. The first kappa shape index (κ1) is 24.6. The van der Waals surface area contributed by atoms with Gasteiger partial charge in [-0.15, -0.1) is 12.4 Å². The number of aryl methyl sites for hydroxylation is 1. The van der Waals surface area contributed by atoms with Crippen LogP contribution in [0.15, 0.2) is 46.9 Å². The number of rotatable bonds is 5. The van der Waals surface area contributed by atoms with Crippen molar-refractivity contribution in [1.29, 1.82) is 0 Å². The van der Waals surface area contributed by atoms with E-state index in [-0.39, 0.29) is 29.8 Å². The zero-order valence-electron chi connectivity index (χ0n) is 19.2. The third-order valence-electron chi connectivity index (χ3n) is 6.30. The Morgan fingerprint density at radius 1 is 1.12 bits per heavy atom. The number of hydrogen-bond donors (Lipinski definition) is 1. The molecule has 32 heavy (non-hydrogen) atoms. The third kappa shape index (κ3) is 5.14. The van der Waals surface area contributed by atoms with Crippen LogP contribution in [0.5, 0.6) is 0 Å². The van der Waals surface area contributed by atoms with Gasteiger partial charge in [-0.3, -0.25) is 9.69 Å². The molecular formula is C26H32Cl2N2O2. The van der Waals surface area contributed by atoms with Gasteiger partial charge in [0.1, 0.15) is 5.58 Å². The van der Waals surface area contributed by atoms with Crippen LogP contribution in [0, 0.1) is 6.92 Å². The Morgan fingerprint density at radius 2 is 1.78 bits per heavy atom. The zero-order valence-corrected chi connectivity index (χ0v) is 20.8. The van der Waals surface area contributed by atoms with Crippen LogP contribution in [0.4, 0.5) is 0 Å². The lowest BCUT2D eigenvalue weighted by atomic mass is 9.86. The molecule has 3 aromatic rings. The smallest absolute Gasteiger partial charge is 0.287 e. The summed E-state index contributed by atoms with van der Waals surface area (Å²) in [5, 5.41) is 4.64. The molecule has 1 aliphatic heterocycles. The quantitative estimate of drug-likeness (QED) is 0.448. The van der Waals surface area contributed by atoms with Crippen molar-refractivity contribution in [1.82, 2.24) is 10.2 Å². The van der Waals surface area contributed by atoms with Gasteiger partial charge in [-0.05, 0) is 67.6 Å². The second kappa shape index (κ2) is 9.86. The number of amides is 1. The van der Waals surface area contributed by atoms with Crippen LogP contribution in [0.25, 0.3) is 11.0 Å². The Morgan fingerprint density at radius 3 is 2.41 bits per heavy atom. The summed E-state index contributed by atoms with van der Waals surface area (Å²) >= 11 is 6.11. The van der Waals surface area contributed by atoms with E-state index in [2.05, 4.69) is 55.3 Å². The first-order valence-corrected chi connectivity index (χ1v) is 11.4. The van der Waals surface area contributed by atoms with E-state index in [1.165, 1.54) is 24.0 Å². The summed E-state index contributed by atoms with van der Waals surface area (Å²) in [6.07, 6.45) is 2.40. The van der Waals surface area contributed by atoms with Crippen LogP contribution in [-0.4, -0.2) is 30.4 Å². The Hall–Kier alpha value is -2.01. The van der Waals surface area contributed by atoms with E-state index in [1.807, 2.05) is 19.1 Å². The second-order valence-corrected chi connectivity index (χ2v) is 9.97. The minimum atomic E-state index is -0.180. The van der Waals surface area contributed by atoms with Crippen molar-refractivity contribution in [3.63, 3.8) is 0 Å². The highest BCUT2D eigenvalue weighted by Crippen LogP contribution is 2.30. The molecule has 2 aromatic carbocycles. The van der Waals surface area contributed by atoms with Crippen molar-refractivity contribution in [2.45, 2.75) is 52.0 Å². The van der Waals surface area contributed by atoms with Gasteiger partial charge < -0.3 is 9.73 Å². The van der Waals surface area contributed by atoms with Crippen LogP contribution in [0.1, 0.15) is 66.9 Å². The predicted octanol–water partition coefficient (Wildman–Crippen LogP) is 6.68. The highest BCUT2D eigenvalue weighted by Gasteiger charge is 2.26. The molecule has 0 spiro atoms. The van der Waals surface area contributed by atoms with Crippen molar-refractivity contribution in [3.8, 4) is 0 Å². The van der Waals surface area contributed by atoms with E-state index >= 15 is 0 Å². The lowest BCUT2D eigenvalue weighted by Crippen LogP contribution is -2.37. The Labute approximate surface area is 201 Å². The zero-order chi connectivity index (χ0) is 22.2. The molecule has 1 amide bonds. The van der Waals surface area contributed by atoms with E-state index in [0.29, 0.717) is 22.9 Å². The Bertz CT molecular complexity index is 1080. The van der Waals surface area contributed by atoms with Gasteiger partial charge in [0, 0.05) is 22.5 Å². The summed E-state index contributed by atoms with van der Waals surface area (Å²) in [7, 11) is 0. The maximum absolute atomic E-state index is 13.0. The average molecular weight is 475 g/mol. The fourth-order valence-corrected chi connectivity index (χ4v) is 4.57. The van der Waals surface area contributed by atoms with Gasteiger partial charge in [-0.2, -0.15) is 0 Å². The summed E-state index contributed by atoms with van der Waals surface area (Å²) in [5.74, 6) is 0.181. The molecule has 1 fully saturated rings. The molecule has 1 N–H and O–H groups in total. The van der Waals surface area contributed by atoms with E-state index in [1.54, 1.807) is 6.07 Å². The van der Waals surface area contributed by atoms with E-state index in [9.17, 15) is 4.79 Å². The molecule has 4 nitrogen and oxygen atoms in total. The number of likely N-dealkylation sites (tertiary alicyclic amines) is 1. The first-order valence-electron chi connectivity index (χ1n) is 11.1. The highest BCUT2D eigenvalue weighted by atomic mass is 35.5. The van der Waals surface area contributed by atoms with Crippen LogP contribution in [0.2, 0.25) is 5.02 Å². The average Bonchev–Trinajstić information content (AvgIpc) is 3.37. The van der Waals surface area contributed by atoms with Gasteiger partial charge in [0.2, 0.25) is 0 Å². The number of carbonyl (C=O) groups excluding carboxylic acids is 1. The molecule has 0 bridgehead atoms. The molecule has 1 aromatic heterocycles. The number of nitrogens with one attached hydrogen (secondary N) is 1. The SMILES string of the molecule is Cc1c(C(=O)NCC(c2ccc(C(C)(C)C)cc2)N2CCCC2)oc2ccc(Cl)cc12.Cl. The molecule has 6 heteroatoms. The minimum absolute atomic E-state index is 0. The van der Waals surface area contributed by atoms with E-state index in [4.69, 9.17) is 16.0 Å². The number of hydrogen-bond acceptors (Lipinski definition) is 3. The predicted molar refractivity (Wildman–Crippen MR) is 134 cm³/mol. The third-order valence-corrected chi connectivity index (χ3v) is 6.54. The van der Waals surface area contributed by atoms with Gasteiger partial charge in [-0.25, -0.2) is 0 Å². The van der Waals surface area contributed by atoms with Crippen LogP contribution < -0.4 is 5.32 Å². The first-order chi connectivity index (χ1) is 14.7. The molecule has 1 saturated heterocycles. The molecule has 4 rings (SSSR count). The number of furan rings is 1. The van der Waals surface area contributed by atoms with Crippen molar-refractivity contribution < 1.29 is 9.21 Å². The molecule has 172 valence electrons. The normalized spacial score (nSPS) is 15.5. The maximum Gasteiger partial charge on any atom is 0.287 e. The maximum atomic E-state index is 13.0. The van der Waals surface area contributed by atoms with Crippen molar-refractivity contribution in [2.75, 3.05) is 19.6 Å². The summed E-state index contributed by atoms with van der Waals surface area (Å²) in [6.45, 7) is 11.2. The molecule has 1 unspecified atom stereocenters. The van der Waals surface area contributed by atoms with Gasteiger partial charge >= 0.3 is 0 Å². The molecule has 1 atom stereocenters. The lowest BCUT2D eigenvalue weighted by molar-refractivity contribution is 0.0911. The highest BCUT2D eigenvalue weighted by molar-refractivity contribution is 6.31. The van der Waals surface area contributed by atoms with Gasteiger partial charge in [0.05, 0.1) is 6.04 Å². The van der Waals surface area contributed by atoms with Gasteiger partial charge in [-0.1, -0.05) is 56.6 Å². The largest absolute Gasteiger partial charge is 0.451 e. The van der Waals surface area contributed by atoms with Crippen molar-refractivity contribution in [3.05, 3.63) is 69.9 Å². The van der Waals surface area contributed by atoms with E-state index < -0.39 is 0 Å². The Kier molecular flexibility index (Phi) is 7.59. The molecule has 0 aliphatic carbocycles. The standard InChI is InChI=1S/C26H31ClN2O2.ClH/c1-17-21-15-20(27)11-12-23(21)31-24(17)25(30)28-16-22(29-13-5-6-14-29)18-7-9-19(10-8-18)26(2,3)4;/h7-12,15,22H,5-6,13-14,16H2,1-4H3,(H,28,30);1H. The van der Waals surface area contributed by atoms with Crippen molar-refractivity contribution in [2.24, 2.45) is 0 Å². The number of carbonyl (C=O) groups is 1. The topological polar surface area (TPSA) is 45.5 Å². The number of fused-ring (bicyclic) bond motifs is 1. The minimum Gasteiger partial charge on any atom is -0.451 e. The van der Waals surface area contributed by atoms with Gasteiger partial charge in [0.15, 0.2) is 5.76 Å². The second-order valence-electron chi connectivity index (χ2n) is 9.54. The molecule has 0 radical (unpaired) electrons. The molecular weight excluding hydrogens is 443 g/mol. The van der Waals surface area contributed by atoms with Crippen LogP contribution in [-0.2, 0) is 5.41 Å². The number of halogens is 2. The molecule has 2 heterocycles.